The van der Waals surface area contributed by atoms with Gasteiger partial charge in [0, 0.05) is 10.8 Å². The lowest BCUT2D eigenvalue weighted by Crippen LogP contribution is -2.27. The van der Waals surface area contributed by atoms with Gasteiger partial charge in [-0.3, -0.25) is 14.4 Å². The van der Waals surface area contributed by atoms with Crippen molar-refractivity contribution < 1.29 is 9.63 Å². The molecule has 106 valence electrons. The van der Waals surface area contributed by atoms with E-state index in [1.807, 2.05) is 41.0 Å². The summed E-state index contributed by atoms with van der Waals surface area (Å²) in [6.45, 7) is 0.0785. The summed E-state index contributed by atoms with van der Waals surface area (Å²) in [5.74, 6) is -0.281. The van der Waals surface area contributed by atoms with Crippen LogP contribution in [-0.2, 0) is 16.2 Å². The molecule has 2 aromatic carbocycles. The van der Waals surface area contributed by atoms with Crippen molar-refractivity contribution in [2.45, 2.75) is 6.54 Å². The summed E-state index contributed by atoms with van der Waals surface area (Å²) in [5.41, 5.74) is 3.73. The Kier molecular flexibility index (Phi) is 3.41. The predicted octanol–water partition coefficient (Wildman–Crippen LogP) is 1.83. The lowest BCUT2D eigenvalue weighted by molar-refractivity contribution is -0.131. The van der Waals surface area contributed by atoms with Crippen molar-refractivity contribution in [3.8, 4) is 0 Å². The van der Waals surface area contributed by atoms with Crippen molar-refractivity contribution >= 4 is 27.7 Å². The maximum Gasteiger partial charge on any atom is 0.263 e. The van der Waals surface area contributed by atoms with Crippen molar-refractivity contribution in [2.75, 3.05) is 7.11 Å². The van der Waals surface area contributed by atoms with Crippen molar-refractivity contribution in [1.82, 2.24) is 10.0 Å². The third-order valence-corrected chi connectivity index (χ3v) is 3.40. The van der Waals surface area contributed by atoms with Crippen LogP contribution in [0.25, 0.3) is 21.8 Å². The summed E-state index contributed by atoms with van der Waals surface area (Å²) in [7, 11) is 1.39. The highest BCUT2D eigenvalue weighted by Crippen LogP contribution is 2.18. The molecule has 1 N–H and O–H groups in total. The number of nitrogens with one attached hydrogen (secondary N) is 1. The van der Waals surface area contributed by atoms with Gasteiger partial charge in [-0.2, -0.15) is 0 Å². The number of hydrogen-bond acceptors (Lipinski definition) is 3. The van der Waals surface area contributed by atoms with E-state index in [0.29, 0.717) is 10.8 Å². The molecule has 0 spiro atoms. The van der Waals surface area contributed by atoms with Crippen LogP contribution < -0.4 is 10.9 Å². The average Bonchev–Trinajstić information content (AvgIpc) is 2.52. The van der Waals surface area contributed by atoms with Crippen LogP contribution in [0.1, 0.15) is 0 Å². The zero-order valence-corrected chi connectivity index (χ0v) is 11.5. The van der Waals surface area contributed by atoms with Gasteiger partial charge in [0.15, 0.2) is 5.43 Å². The van der Waals surface area contributed by atoms with Crippen molar-refractivity contribution in [1.29, 1.82) is 0 Å². The van der Waals surface area contributed by atoms with Crippen LogP contribution in [0.4, 0.5) is 0 Å². The molecule has 0 aliphatic carbocycles. The molecule has 0 radical (unpaired) electrons. The van der Waals surface area contributed by atoms with Gasteiger partial charge in [-0.05, 0) is 24.3 Å². The van der Waals surface area contributed by atoms with E-state index < -0.39 is 0 Å². The molecule has 21 heavy (non-hydrogen) atoms. The van der Waals surface area contributed by atoms with E-state index in [9.17, 15) is 9.59 Å². The molecule has 0 saturated heterocycles. The summed E-state index contributed by atoms with van der Waals surface area (Å²) in [6, 6.07) is 14.6. The van der Waals surface area contributed by atoms with Crippen LogP contribution in [0.2, 0.25) is 0 Å². The molecule has 0 saturated carbocycles. The number of carbonyl (C=O) groups is 1. The smallest absolute Gasteiger partial charge is 0.263 e. The molecule has 5 nitrogen and oxygen atoms in total. The van der Waals surface area contributed by atoms with Gasteiger partial charge in [-0.1, -0.05) is 24.3 Å². The number of fused-ring (bicyclic) bond motifs is 2. The average molecular weight is 282 g/mol. The minimum Gasteiger partial charge on any atom is -0.331 e. The zero-order chi connectivity index (χ0) is 14.8. The van der Waals surface area contributed by atoms with Gasteiger partial charge in [-0.15, -0.1) is 0 Å². The first-order valence-corrected chi connectivity index (χ1v) is 6.54. The third-order valence-electron chi connectivity index (χ3n) is 3.40. The number of carbonyl (C=O) groups excluding carboxylic acids is 1. The summed E-state index contributed by atoms with van der Waals surface area (Å²) < 4.78 is 1.82. The Morgan fingerprint density at radius 2 is 1.57 bits per heavy atom. The topological polar surface area (TPSA) is 60.3 Å². The van der Waals surface area contributed by atoms with Crippen LogP contribution >= 0.6 is 0 Å². The molecule has 0 fully saturated rings. The minimum absolute atomic E-state index is 0.0235. The van der Waals surface area contributed by atoms with Crippen LogP contribution in [0.15, 0.2) is 53.3 Å². The number of hydroxylamine groups is 1. The predicted molar refractivity (Wildman–Crippen MR) is 80.9 cm³/mol. The number of rotatable bonds is 3. The molecule has 5 heteroatoms. The normalized spacial score (nSPS) is 10.9. The number of benzene rings is 2. The van der Waals surface area contributed by atoms with E-state index in [1.165, 1.54) is 7.11 Å². The fourth-order valence-corrected chi connectivity index (χ4v) is 2.54. The maximum atomic E-state index is 12.5. The lowest BCUT2D eigenvalue weighted by atomic mass is 10.1. The highest BCUT2D eigenvalue weighted by atomic mass is 16.6. The highest BCUT2D eigenvalue weighted by molar-refractivity contribution is 5.94. The number of hydrogen-bond donors (Lipinski definition) is 1. The molecule has 0 aliphatic rings. The monoisotopic (exact) mass is 282 g/mol. The SMILES string of the molecule is CONC(=O)Cn1c2ccccc2c(=O)c2ccccc21. The second-order valence-corrected chi connectivity index (χ2v) is 4.68. The number of amides is 1. The molecule has 3 rings (SSSR count). The van der Waals surface area contributed by atoms with Crippen LogP contribution in [0.3, 0.4) is 0 Å². The standard InChI is InChI=1S/C16H14N2O3/c1-21-17-15(19)10-18-13-8-4-2-6-11(13)16(20)12-7-3-5-9-14(12)18/h2-9H,10H2,1H3,(H,17,19). The Hall–Kier alpha value is -2.66. The number of nitrogens with zero attached hydrogens (tertiary/aromatic N) is 1. The summed E-state index contributed by atoms with van der Waals surface area (Å²) in [5, 5.41) is 1.20. The second-order valence-electron chi connectivity index (χ2n) is 4.68. The first-order chi connectivity index (χ1) is 10.2. The van der Waals surface area contributed by atoms with Crippen LogP contribution in [0, 0.1) is 0 Å². The Morgan fingerprint density at radius 3 is 2.10 bits per heavy atom. The second kappa shape index (κ2) is 5.38. The molecule has 3 aromatic rings. The first-order valence-electron chi connectivity index (χ1n) is 6.54. The van der Waals surface area contributed by atoms with Gasteiger partial charge in [0.1, 0.15) is 6.54 Å². The van der Waals surface area contributed by atoms with Crippen molar-refractivity contribution in [3.63, 3.8) is 0 Å². The van der Waals surface area contributed by atoms with E-state index in [4.69, 9.17) is 0 Å². The summed E-state index contributed by atoms with van der Waals surface area (Å²) >= 11 is 0. The fourth-order valence-electron chi connectivity index (χ4n) is 2.54. The van der Waals surface area contributed by atoms with Crippen LogP contribution in [0.5, 0.6) is 0 Å². The molecule has 1 heterocycles. The van der Waals surface area contributed by atoms with Gasteiger partial charge in [0.2, 0.25) is 0 Å². The molecule has 0 aliphatic heterocycles. The zero-order valence-electron chi connectivity index (χ0n) is 11.5. The van der Waals surface area contributed by atoms with Gasteiger partial charge in [-0.25, -0.2) is 5.48 Å². The highest BCUT2D eigenvalue weighted by Gasteiger charge is 2.12. The van der Waals surface area contributed by atoms with Crippen molar-refractivity contribution in [2.24, 2.45) is 0 Å². The van der Waals surface area contributed by atoms with E-state index >= 15 is 0 Å². The van der Waals surface area contributed by atoms with Crippen LogP contribution in [-0.4, -0.2) is 17.6 Å². The molecule has 0 unspecified atom stereocenters. The lowest BCUT2D eigenvalue weighted by Gasteiger charge is -2.14. The Labute approximate surface area is 120 Å². The Bertz CT molecular complexity index is 823. The molecule has 0 bridgehead atoms. The van der Waals surface area contributed by atoms with E-state index in [1.54, 1.807) is 12.1 Å². The summed E-state index contributed by atoms with van der Waals surface area (Å²) in [4.78, 5) is 29.0. The molecule has 1 amide bonds. The maximum absolute atomic E-state index is 12.5. The Morgan fingerprint density at radius 1 is 1.05 bits per heavy atom. The number of pyridine rings is 1. The van der Waals surface area contributed by atoms with Gasteiger partial charge in [0.05, 0.1) is 18.1 Å². The minimum atomic E-state index is -0.281. The number of aromatic nitrogens is 1. The quantitative estimate of drug-likeness (QED) is 0.589. The fraction of sp³-hybridized carbons (Fsp3) is 0.125. The largest absolute Gasteiger partial charge is 0.331 e. The molecular weight excluding hydrogens is 268 g/mol. The molecule has 0 atom stereocenters. The first kappa shape index (κ1) is 13.3. The Balaban J connectivity index is 2.35. The third kappa shape index (κ3) is 2.28. The number of para-hydroxylation sites is 2. The van der Waals surface area contributed by atoms with Crippen molar-refractivity contribution in [3.05, 3.63) is 58.8 Å². The van der Waals surface area contributed by atoms with E-state index in [2.05, 4.69) is 10.3 Å². The van der Waals surface area contributed by atoms with Gasteiger partial charge < -0.3 is 4.57 Å². The van der Waals surface area contributed by atoms with E-state index in [0.717, 1.165) is 11.0 Å². The molecule has 1 aromatic heterocycles. The van der Waals surface area contributed by atoms with E-state index in [-0.39, 0.29) is 17.9 Å². The van der Waals surface area contributed by atoms with Gasteiger partial charge in [0.25, 0.3) is 5.91 Å². The van der Waals surface area contributed by atoms with Gasteiger partial charge >= 0.3 is 0 Å². The summed E-state index contributed by atoms with van der Waals surface area (Å²) in [6.07, 6.45) is 0. The molecular formula is C16H14N2O3.